The lowest BCUT2D eigenvalue weighted by molar-refractivity contribution is 0.551. The molecule has 0 saturated carbocycles. The molecule has 3 aromatic heterocycles. The monoisotopic (exact) mass is 382 g/mol. The molecule has 1 unspecified atom stereocenters. The van der Waals surface area contributed by atoms with Crippen LogP contribution in [0.25, 0.3) is 22.6 Å². The number of halogens is 1. The van der Waals surface area contributed by atoms with Crippen molar-refractivity contribution in [2.24, 2.45) is 0 Å². The van der Waals surface area contributed by atoms with Gasteiger partial charge in [-0.2, -0.15) is 5.10 Å². The van der Waals surface area contributed by atoms with Crippen molar-refractivity contribution in [3.05, 3.63) is 68.9 Å². The van der Waals surface area contributed by atoms with Gasteiger partial charge in [0.2, 0.25) is 0 Å². The fourth-order valence-electron chi connectivity index (χ4n) is 3.19. The second kappa shape index (κ2) is 6.59. The molecular formula is C19H19FN6O2. The van der Waals surface area contributed by atoms with Crippen molar-refractivity contribution >= 4 is 11.2 Å². The molecule has 0 saturated heterocycles. The van der Waals surface area contributed by atoms with Gasteiger partial charge in [-0.05, 0) is 38.5 Å². The number of aromatic nitrogens is 6. The predicted octanol–water partition coefficient (Wildman–Crippen LogP) is 2.61. The van der Waals surface area contributed by atoms with Crippen molar-refractivity contribution < 1.29 is 4.39 Å². The molecule has 4 rings (SSSR count). The van der Waals surface area contributed by atoms with E-state index in [2.05, 4.69) is 20.1 Å². The first kappa shape index (κ1) is 17.9. The number of rotatable bonds is 4. The van der Waals surface area contributed by atoms with Crippen molar-refractivity contribution in [2.45, 2.75) is 32.9 Å². The van der Waals surface area contributed by atoms with Gasteiger partial charge in [-0.15, -0.1) is 0 Å². The maximum atomic E-state index is 13.5. The summed E-state index contributed by atoms with van der Waals surface area (Å²) >= 11 is 0. The molecule has 2 N–H and O–H groups in total. The summed E-state index contributed by atoms with van der Waals surface area (Å²) in [6.07, 6.45) is 3.36. The molecule has 1 atom stereocenters. The van der Waals surface area contributed by atoms with E-state index in [0.717, 1.165) is 10.1 Å². The van der Waals surface area contributed by atoms with E-state index in [1.165, 1.54) is 12.1 Å². The summed E-state index contributed by atoms with van der Waals surface area (Å²) in [5.41, 5.74) is 0.940. The number of hydrogen-bond acceptors (Lipinski definition) is 4. The average Bonchev–Trinajstić information content (AvgIpc) is 3.27. The third-order valence-electron chi connectivity index (χ3n) is 4.70. The van der Waals surface area contributed by atoms with Crippen LogP contribution in [-0.2, 0) is 0 Å². The second-order valence-corrected chi connectivity index (χ2v) is 6.95. The van der Waals surface area contributed by atoms with Gasteiger partial charge in [0.1, 0.15) is 17.2 Å². The summed E-state index contributed by atoms with van der Waals surface area (Å²) in [5.74, 6) is 0.112. The Bertz CT molecular complexity index is 1280. The molecule has 0 radical (unpaired) electrons. The highest BCUT2D eigenvalue weighted by molar-refractivity contribution is 5.74. The van der Waals surface area contributed by atoms with Crippen LogP contribution in [0.4, 0.5) is 4.39 Å². The third kappa shape index (κ3) is 2.94. The minimum absolute atomic E-state index is 0.188. The van der Waals surface area contributed by atoms with E-state index in [1.807, 2.05) is 13.0 Å². The van der Waals surface area contributed by atoms with Gasteiger partial charge in [0.05, 0.1) is 17.8 Å². The molecule has 9 heteroatoms. The van der Waals surface area contributed by atoms with Crippen molar-refractivity contribution in [3.63, 3.8) is 0 Å². The Morgan fingerprint density at radius 1 is 1.14 bits per heavy atom. The van der Waals surface area contributed by atoms with Crippen LogP contribution in [0.15, 0.2) is 46.2 Å². The van der Waals surface area contributed by atoms with Gasteiger partial charge in [0.15, 0.2) is 5.65 Å². The predicted molar refractivity (Wildman–Crippen MR) is 103 cm³/mol. The van der Waals surface area contributed by atoms with E-state index < -0.39 is 11.2 Å². The van der Waals surface area contributed by atoms with Gasteiger partial charge < -0.3 is 4.98 Å². The van der Waals surface area contributed by atoms with Gasteiger partial charge in [-0.3, -0.25) is 19.0 Å². The Morgan fingerprint density at radius 2 is 1.93 bits per heavy atom. The van der Waals surface area contributed by atoms with Crippen LogP contribution in [0.2, 0.25) is 0 Å². The summed E-state index contributed by atoms with van der Waals surface area (Å²) in [7, 11) is 0. The van der Waals surface area contributed by atoms with Crippen LogP contribution in [-0.4, -0.2) is 29.3 Å². The molecule has 8 nitrogen and oxygen atoms in total. The summed E-state index contributed by atoms with van der Waals surface area (Å²) in [6, 6.07) is 5.88. The van der Waals surface area contributed by atoms with Crippen LogP contribution in [0, 0.1) is 5.82 Å². The number of benzene rings is 1. The summed E-state index contributed by atoms with van der Waals surface area (Å²) in [5, 5.41) is 4.33. The number of nitrogens with one attached hydrogen (secondary N) is 2. The van der Waals surface area contributed by atoms with E-state index >= 15 is 0 Å². The molecule has 144 valence electrons. The van der Waals surface area contributed by atoms with Crippen molar-refractivity contribution in [3.8, 4) is 11.4 Å². The minimum Gasteiger partial charge on any atom is -0.332 e. The summed E-state index contributed by atoms with van der Waals surface area (Å²) < 4.78 is 16.3. The molecule has 0 spiro atoms. The van der Waals surface area contributed by atoms with Crippen LogP contribution in [0.5, 0.6) is 0 Å². The lowest BCUT2D eigenvalue weighted by Gasteiger charge is -2.12. The Balaban J connectivity index is 1.75. The molecular weight excluding hydrogens is 363 g/mol. The average molecular weight is 382 g/mol. The van der Waals surface area contributed by atoms with E-state index in [-0.39, 0.29) is 29.1 Å². The first-order valence-corrected chi connectivity index (χ1v) is 8.89. The maximum absolute atomic E-state index is 13.5. The maximum Gasteiger partial charge on any atom is 0.330 e. The highest BCUT2D eigenvalue weighted by atomic mass is 19.1. The Morgan fingerprint density at radius 3 is 2.64 bits per heavy atom. The Kier molecular flexibility index (Phi) is 4.21. The number of hydrogen-bond donors (Lipinski definition) is 2. The fourth-order valence-corrected chi connectivity index (χ4v) is 3.19. The normalized spacial score (nSPS) is 12.8. The number of aromatic amines is 2. The molecule has 3 heterocycles. The van der Waals surface area contributed by atoms with Crippen LogP contribution in [0.1, 0.15) is 38.4 Å². The van der Waals surface area contributed by atoms with Crippen molar-refractivity contribution in [2.75, 3.05) is 0 Å². The van der Waals surface area contributed by atoms with Gasteiger partial charge in [0, 0.05) is 12.2 Å². The van der Waals surface area contributed by atoms with Gasteiger partial charge in [-0.1, -0.05) is 12.1 Å². The fraction of sp³-hybridized carbons (Fsp3) is 0.263. The van der Waals surface area contributed by atoms with E-state index in [0.29, 0.717) is 11.4 Å². The van der Waals surface area contributed by atoms with Crippen LogP contribution < -0.4 is 11.2 Å². The quantitative estimate of drug-likeness (QED) is 0.566. The summed E-state index contributed by atoms with van der Waals surface area (Å²) in [4.78, 5) is 34.6. The van der Waals surface area contributed by atoms with E-state index in [9.17, 15) is 14.0 Å². The van der Waals surface area contributed by atoms with E-state index in [4.69, 9.17) is 0 Å². The highest BCUT2D eigenvalue weighted by Crippen LogP contribution is 2.22. The molecule has 0 aliphatic carbocycles. The van der Waals surface area contributed by atoms with Gasteiger partial charge in [0.25, 0.3) is 5.56 Å². The van der Waals surface area contributed by atoms with Gasteiger partial charge in [-0.25, -0.2) is 14.2 Å². The van der Waals surface area contributed by atoms with Crippen LogP contribution in [0.3, 0.4) is 0 Å². The zero-order chi connectivity index (χ0) is 20.0. The molecule has 0 aliphatic heterocycles. The standard InChI is InChI=1S/C19H19FN6O2/c1-10(2)26-18(27)15-17(24-19(26)28)23-16(22-15)13-8-21-25(9-13)11(3)12-5-4-6-14(20)7-12/h4-11H,1-3H3,(H,22,23)(H,24,28). The molecule has 0 bridgehead atoms. The van der Waals surface area contributed by atoms with E-state index in [1.54, 1.807) is 37.0 Å². The number of nitrogens with zero attached hydrogens (tertiary/aromatic N) is 4. The van der Waals surface area contributed by atoms with Crippen molar-refractivity contribution in [1.82, 2.24) is 29.3 Å². The largest absolute Gasteiger partial charge is 0.332 e. The molecule has 0 fully saturated rings. The van der Waals surface area contributed by atoms with Gasteiger partial charge >= 0.3 is 5.69 Å². The number of imidazole rings is 1. The van der Waals surface area contributed by atoms with Crippen molar-refractivity contribution in [1.29, 1.82) is 0 Å². The minimum atomic E-state index is -0.499. The first-order chi connectivity index (χ1) is 13.3. The number of fused-ring (bicyclic) bond motifs is 1. The molecule has 28 heavy (non-hydrogen) atoms. The highest BCUT2D eigenvalue weighted by Gasteiger charge is 2.17. The Hall–Kier alpha value is -3.49. The zero-order valence-corrected chi connectivity index (χ0v) is 15.6. The smallest absolute Gasteiger partial charge is 0.330 e. The SMILES string of the molecule is CC(c1cccc(F)c1)n1cc(-c2nc3[nH]c(=O)n(C(C)C)c(=O)c3[nH]2)cn1. The molecule has 4 aromatic rings. The number of H-pyrrole nitrogens is 2. The summed E-state index contributed by atoms with van der Waals surface area (Å²) in [6.45, 7) is 5.43. The second-order valence-electron chi connectivity index (χ2n) is 6.95. The molecule has 1 aromatic carbocycles. The van der Waals surface area contributed by atoms with Crippen LogP contribution >= 0.6 is 0 Å². The third-order valence-corrected chi connectivity index (χ3v) is 4.70. The molecule has 0 amide bonds. The lowest BCUT2D eigenvalue weighted by atomic mass is 10.1. The topological polar surface area (TPSA) is 101 Å². The zero-order valence-electron chi connectivity index (χ0n) is 15.6. The molecule has 0 aliphatic rings. The Labute approximate surface area is 158 Å². The lowest BCUT2D eigenvalue weighted by Crippen LogP contribution is -2.36. The first-order valence-electron chi connectivity index (χ1n) is 8.89.